The molecule has 1 fully saturated rings. The van der Waals surface area contributed by atoms with E-state index in [0.717, 1.165) is 37.2 Å². The van der Waals surface area contributed by atoms with Crippen LogP contribution in [0.1, 0.15) is 54.8 Å². The van der Waals surface area contributed by atoms with E-state index >= 15 is 0 Å². The Morgan fingerprint density at radius 1 is 1.41 bits per heavy atom. The second-order valence-electron chi connectivity index (χ2n) is 6.61. The molecule has 3 rings (SSSR count). The predicted octanol–water partition coefficient (Wildman–Crippen LogP) is 2.86. The van der Waals surface area contributed by atoms with Crippen molar-refractivity contribution >= 4 is 18.3 Å². The van der Waals surface area contributed by atoms with Gasteiger partial charge in [-0.25, -0.2) is 4.68 Å². The maximum Gasteiger partial charge on any atom is 0.276 e. The van der Waals surface area contributed by atoms with E-state index in [1.807, 2.05) is 47.7 Å². The number of nitrogens with zero attached hydrogens (tertiary/aromatic N) is 4. The highest BCUT2D eigenvalue weighted by atomic mass is 35.5. The van der Waals surface area contributed by atoms with Crippen LogP contribution in [0.5, 0.6) is 5.75 Å². The van der Waals surface area contributed by atoms with Gasteiger partial charge in [0.25, 0.3) is 5.91 Å². The molecule has 1 aliphatic heterocycles. The molecular formula is C19H28ClN5O2. The van der Waals surface area contributed by atoms with Crippen LogP contribution < -0.4 is 10.1 Å². The molecule has 2 aromatic rings. The summed E-state index contributed by atoms with van der Waals surface area (Å²) in [5.74, 6) is 0.692. The molecule has 148 valence electrons. The fourth-order valence-electron chi connectivity index (χ4n) is 3.45. The molecule has 1 atom stereocenters. The Balaban J connectivity index is 0.00000261. The second kappa shape index (κ2) is 9.71. The molecule has 0 radical (unpaired) electrons. The third kappa shape index (κ3) is 4.78. The van der Waals surface area contributed by atoms with Crippen LogP contribution in [0.4, 0.5) is 0 Å². The van der Waals surface area contributed by atoms with Crippen LogP contribution in [0, 0.1) is 0 Å². The highest BCUT2D eigenvalue weighted by Crippen LogP contribution is 2.25. The van der Waals surface area contributed by atoms with Crippen LogP contribution in [0.15, 0.2) is 30.5 Å². The highest BCUT2D eigenvalue weighted by Gasteiger charge is 2.25. The molecule has 27 heavy (non-hydrogen) atoms. The minimum atomic E-state index is -0.0944. The monoisotopic (exact) mass is 393 g/mol. The van der Waals surface area contributed by atoms with Gasteiger partial charge < -0.3 is 15.0 Å². The number of benzene rings is 1. The number of carbonyl (C=O) groups is 1. The summed E-state index contributed by atoms with van der Waals surface area (Å²) in [7, 11) is 1.64. The number of amides is 1. The summed E-state index contributed by atoms with van der Waals surface area (Å²) in [6.07, 6.45) is 3.81. The Morgan fingerprint density at radius 2 is 2.15 bits per heavy atom. The van der Waals surface area contributed by atoms with Crippen molar-refractivity contribution in [3.05, 3.63) is 41.7 Å². The lowest BCUT2D eigenvalue weighted by atomic mass is 10.1. The number of methoxy groups -OCH3 is 1. The SMILES string of the molecule is CCN(C(=O)c1cn(C2CCNCC2)nn1)C(C)c1cccc(OC)c1.Cl. The number of rotatable bonds is 6. The van der Waals surface area contributed by atoms with Crippen molar-refractivity contribution < 1.29 is 9.53 Å². The summed E-state index contributed by atoms with van der Waals surface area (Å²) >= 11 is 0. The van der Waals surface area contributed by atoms with Crippen LogP contribution in [-0.4, -0.2) is 52.5 Å². The van der Waals surface area contributed by atoms with Gasteiger partial charge in [-0.2, -0.15) is 0 Å². The van der Waals surface area contributed by atoms with Gasteiger partial charge in [0, 0.05) is 6.54 Å². The van der Waals surface area contributed by atoms with Crippen LogP contribution in [0.2, 0.25) is 0 Å². The van der Waals surface area contributed by atoms with E-state index in [-0.39, 0.29) is 24.4 Å². The number of piperidine rings is 1. The Kier molecular flexibility index (Phi) is 7.62. The molecule has 8 heteroatoms. The van der Waals surface area contributed by atoms with Crippen molar-refractivity contribution in [2.45, 2.75) is 38.8 Å². The van der Waals surface area contributed by atoms with E-state index < -0.39 is 0 Å². The number of nitrogens with one attached hydrogen (secondary N) is 1. The lowest BCUT2D eigenvalue weighted by Crippen LogP contribution is -2.33. The van der Waals surface area contributed by atoms with Gasteiger partial charge in [-0.05, 0) is 57.5 Å². The van der Waals surface area contributed by atoms with Crippen molar-refractivity contribution in [2.24, 2.45) is 0 Å². The third-order valence-corrected chi connectivity index (χ3v) is 5.06. The zero-order chi connectivity index (χ0) is 18.5. The molecule has 1 aromatic carbocycles. The van der Waals surface area contributed by atoms with Gasteiger partial charge >= 0.3 is 0 Å². The first kappa shape index (κ1) is 21.2. The van der Waals surface area contributed by atoms with Gasteiger partial charge in [0.05, 0.1) is 25.4 Å². The molecular weight excluding hydrogens is 366 g/mol. The summed E-state index contributed by atoms with van der Waals surface area (Å²) in [5, 5.41) is 11.7. The smallest absolute Gasteiger partial charge is 0.276 e. The first-order valence-corrected chi connectivity index (χ1v) is 9.21. The zero-order valence-corrected chi connectivity index (χ0v) is 16.9. The largest absolute Gasteiger partial charge is 0.497 e. The van der Waals surface area contributed by atoms with Gasteiger partial charge in [0.15, 0.2) is 5.69 Å². The molecule has 0 bridgehead atoms. The van der Waals surface area contributed by atoms with Gasteiger partial charge in [-0.3, -0.25) is 4.79 Å². The molecule has 1 amide bonds. The Bertz CT molecular complexity index is 745. The highest BCUT2D eigenvalue weighted by molar-refractivity contribution is 5.92. The average Bonchev–Trinajstić information content (AvgIpc) is 3.19. The van der Waals surface area contributed by atoms with Gasteiger partial charge in [0.2, 0.25) is 0 Å². The Hall–Kier alpha value is -2.12. The van der Waals surface area contributed by atoms with Crippen molar-refractivity contribution in [1.82, 2.24) is 25.2 Å². The standard InChI is InChI=1S/C19H27N5O2.ClH/c1-4-23(14(2)15-6-5-7-17(12-15)26-3)19(25)18-13-24(22-21-18)16-8-10-20-11-9-16;/h5-7,12-14,16,20H,4,8-11H2,1-3H3;1H. The van der Waals surface area contributed by atoms with E-state index in [1.54, 1.807) is 13.3 Å². The van der Waals surface area contributed by atoms with E-state index in [2.05, 4.69) is 15.6 Å². The molecule has 1 saturated heterocycles. The van der Waals surface area contributed by atoms with Crippen LogP contribution in [0.3, 0.4) is 0 Å². The van der Waals surface area contributed by atoms with Gasteiger partial charge in [-0.1, -0.05) is 17.3 Å². The number of ether oxygens (including phenoxy) is 1. The molecule has 0 aliphatic carbocycles. The zero-order valence-electron chi connectivity index (χ0n) is 16.1. The predicted molar refractivity (Wildman–Crippen MR) is 107 cm³/mol. The van der Waals surface area contributed by atoms with Gasteiger partial charge in [0.1, 0.15) is 5.75 Å². The third-order valence-electron chi connectivity index (χ3n) is 5.06. The van der Waals surface area contributed by atoms with Crippen molar-refractivity contribution in [3.63, 3.8) is 0 Å². The van der Waals surface area contributed by atoms with Crippen molar-refractivity contribution in [2.75, 3.05) is 26.7 Å². The Labute approximate surface area is 166 Å². The number of carbonyl (C=O) groups excluding carboxylic acids is 1. The summed E-state index contributed by atoms with van der Waals surface area (Å²) in [5.41, 5.74) is 1.44. The molecule has 1 aromatic heterocycles. The van der Waals surface area contributed by atoms with Crippen LogP contribution in [-0.2, 0) is 0 Å². The Morgan fingerprint density at radius 3 is 2.81 bits per heavy atom. The van der Waals surface area contributed by atoms with E-state index in [1.165, 1.54) is 0 Å². The maximum atomic E-state index is 13.0. The molecule has 1 N–H and O–H groups in total. The summed E-state index contributed by atoms with van der Waals surface area (Å²) < 4.78 is 7.15. The van der Waals surface area contributed by atoms with Gasteiger partial charge in [-0.15, -0.1) is 17.5 Å². The lowest BCUT2D eigenvalue weighted by Gasteiger charge is -2.28. The molecule has 2 heterocycles. The second-order valence-corrected chi connectivity index (χ2v) is 6.61. The number of hydrogen-bond acceptors (Lipinski definition) is 5. The lowest BCUT2D eigenvalue weighted by molar-refractivity contribution is 0.0696. The molecule has 1 unspecified atom stereocenters. The molecule has 1 aliphatic rings. The number of hydrogen-bond donors (Lipinski definition) is 1. The van der Waals surface area contributed by atoms with E-state index in [4.69, 9.17) is 4.74 Å². The van der Waals surface area contributed by atoms with E-state index in [0.29, 0.717) is 18.3 Å². The minimum absolute atomic E-state index is 0. The summed E-state index contributed by atoms with van der Waals surface area (Å²) in [6, 6.07) is 8.05. The minimum Gasteiger partial charge on any atom is -0.497 e. The topological polar surface area (TPSA) is 72.3 Å². The normalized spacial score (nSPS) is 15.7. The number of aromatic nitrogens is 3. The molecule has 7 nitrogen and oxygen atoms in total. The molecule has 0 saturated carbocycles. The quantitative estimate of drug-likeness (QED) is 0.816. The first-order chi connectivity index (χ1) is 12.6. The summed E-state index contributed by atoms with van der Waals surface area (Å²) in [4.78, 5) is 14.8. The van der Waals surface area contributed by atoms with E-state index in [9.17, 15) is 4.79 Å². The van der Waals surface area contributed by atoms with Crippen molar-refractivity contribution in [3.8, 4) is 5.75 Å². The van der Waals surface area contributed by atoms with Crippen LogP contribution in [0.25, 0.3) is 0 Å². The average molecular weight is 394 g/mol. The molecule has 0 spiro atoms. The first-order valence-electron chi connectivity index (χ1n) is 9.21. The summed E-state index contributed by atoms with van der Waals surface area (Å²) in [6.45, 7) is 6.54. The fraction of sp³-hybridized carbons (Fsp3) is 0.526. The van der Waals surface area contributed by atoms with Crippen LogP contribution >= 0.6 is 12.4 Å². The maximum absolute atomic E-state index is 13.0. The fourth-order valence-corrected chi connectivity index (χ4v) is 3.45. The van der Waals surface area contributed by atoms with Crippen molar-refractivity contribution in [1.29, 1.82) is 0 Å². The number of halogens is 1.